The van der Waals surface area contributed by atoms with Crippen molar-refractivity contribution in [1.29, 1.82) is 0 Å². The third-order valence-corrected chi connectivity index (χ3v) is 3.99. The van der Waals surface area contributed by atoms with Gasteiger partial charge in [0.15, 0.2) is 0 Å². The standard InChI is InChI=1S/C16H16ClN.ClH/c1-18-16-10-14(16)12-6-4-5-11(9-12)13-7-2-3-8-15(13)17;/h2-9,14,16,18H,10H2,1H3;1H. The van der Waals surface area contributed by atoms with E-state index in [0.29, 0.717) is 12.0 Å². The molecule has 1 aliphatic rings. The quantitative estimate of drug-likeness (QED) is 0.878. The molecule has 0 spiro atoms. The van der Waals surface area contributed by atoms with Crippen molar-refractivity contribution in [2.45, 2.75) is 18.4 Å². The SMILES string of the molecule is CNC1CC1c1cccc(-c2ccccc2Cl)c1.Cl. The summed E-state index contributed by atoms with van der Waals surface area (Å²) in [5.74, 6) is 0.664. The maximum absolute atomic E-state index is 6.25. The van der Waals surface area contributed by atoms with Crippen LogP contribution in [0.15, 0.2) is 48.5 Å². The van der Waals surface area contributed by atoms with Crippen molar-refractivity contribution in [2.75, 3.05) is 7.05 Å². The van der Waals surface area contributed by atoms with Gasteiger partial charge in [-0.2, -0.15) is 0 Å². The second kappa shape index (κ2) is 5.96. The van der Waals surface area contributed by atoms with Gasteiger partial charge in [-0.1, -0.05) is 54.1 Å². The second-order valence-electron chi connectivity index (χ2n) is 4.84. The summed E-state index contributed by atoms with van der Waals surface area (Å²) in [5, 5.41) is 4.15. The average molecular weight is 294 g/mol. The van der Waals surface area contributed by atoms with Crippen LogP contribution < -0.4 is 5.32 Å². The Bertz CT molecular complexity index is 568. The van der Waals surface area contributed by atoms with E-state index < -0.39 is 0 Å². The third-order valence-electron chi connectivity index (χ3n) is 3.66. The molecule has 0 heterocycles. The van der Waals surface area contributed by atoms with Crippen LogP contribution in [0.3, 0.4) is 0 Å². The molecule has 1 fully saturated rings. The predicted molar refractivity (Wildman–Crippen MR) is 84.3 cm³/mol. The maximum atomic E-state index is 6.25. The van der Waals surface area contributed by atoms with Crippen molar-refractivity contribution in [3.8, 4) is 11.1 Å². The van der Waals surface area contributed by atoms with E-state index >= 15 is 0 Å². The first-order valence-corrected chi connectivity index (χ1v) is 6.69. The average Bonchev–Trinajstić information content (AvgIpc) is 3.19. The monoisotopic (exact) mass is 293 g/mol. The first-order chi connectivity index (χ1) is 8.79. The highest BCUT2D eigenvalue weighted by Crippen LogP contribution is 2.41. The van der Waals surface area contributed by atoms with Gasteiger partial charge in [0, 0.05) is 22.5 Å². The second-order valence-corrected chi connectivity index (χ2v) is 5.25. The number of hydrogen-bond donors (Lipinski definition) is 1. The van der Waals surface area contributed by atoms with Gasteiger partial charge in [0.1, 0.15) is 0 Å². The normalized spacial score (nSPS) is 20.7. The molecule has 1 N–H and O–H groups in total. The van der Waals surface area contributed by atoms with Crippen molar-refractivity contribution in [2.24, 2.45) is 0 Å². The topological polar surface area (TPSA) is 12.0 Å². The van der Waals surface area contributed by atoms with Crippen molar-refractivity contribution in [1.82, 2.24) is 5.32 Å². The zero-order valence-corrected chi connectivity index (χ0v) is 12.3. The van der Waals surface area contributed by atoms with Gasteiger partial charge in [0.05, 0.1) is 0 Å². The fourth-order valence-corrected chi connectivity index (χ4v) is 2.76. The summed E-state index contributed by atoms with van der Waals surface area (Å²) in [6.07, 6.45) is 1.24. The number of likely N-dealkylation sites (N-methyl/N-ethyl adjacent to an activating group) is 1. The van der Waals surface area contributed by atoms with Crippen LogP contribution in [0.5, 0.6) is 0 Å². The molecule has 3 heteroatoms. The number of nitrogens with one attached hydrogen (secondary N) is 1. The summed E-state index contributed by atoms with van der Waals surface area (Å²) in [4.78, 5) is 0. The van der Waals surface area contributed by atoms with Gasteiger partial charge < -0.3 is 5.32 Å². The molecule has 1 nitrogen and oxygen atoms in total. The molecule has 0 radical (unpaired) electrons. The molecule has 1 aliphatic carbocycles. The van der Waals surface area contributed by atoms with E-state index in [-0.39, 0.29) is 12.4 Å². The highest BCUT2D eigenvalue weighted by molar-refractivity contribution is 6.33. The van der Waals surface area contributed by atoms with E-state index in [1.807, 2.05) is 25.2 Å². The minimum Gasteiger partial charge on any atom is -0.316 e. The summed E-state index contributed by atoms with van der Waals surface area (Å²) >= 11 is 6.25. The number of halogens is 2. The van der Waals surface area contributed by atoms with Crippen LogP contribution in [0, 0.1) is 0 Å². The molecule has 100 valence electrons. The Hall–Kier alpha value is -1.02. The summed E-state index contributed by atoms with van der Waals surface area (Å²) in [5.41, 5.74) is 3.73. The molecular formula is C16H17Cl2N. The third kappa shape index (κ3) is 2.94. The first kappa shape index (κ1) is 14.4. The Balaban J connectivity index is 0.00000133. The minimum atomic E-state index is 0. The number of hydrogen-bond acceptors (Lipinski definition) is 1. The van der Waals surface area contributed by atoms with E-state index in [1.54, 1.807) is 0 Å². The van der Waals surface area contributed by atoms with Gasteiger partial charge >= 0.3 is 0 Å². The molecule has 2 aromatic rings. The van der Waals surface area contributed by atoms with Gasteiger partial charge in [-0.15, -0.1) is 12.4 Å². The number of benzene rings is 2. The van der Waals surface area contributed by atoms with E-state index in [1.165, 1.54) is 17.5 Å². The van der Waals surface area contributed by atoms with Crippen LogP contribution in [0.1, 0.15) is 17.9 Å². The molecule has 0 amide bonds. The van der Waals surface area contributed by atoms with Crippen molar-refractivity contribution < 1.29 is 0 Å². The molecule has 2 unspecified atom stereocenters. The van der Waals surface area contributed by atoms with E-state index in [0.717, 1.165) is 10.6 Å². The molecule has 3 rings (SSSR count). The lowest BCUT2D eigenvalue weighted by Crippen LogP contribution is -2.10. The molecule has 19 heavy (non-hydrogen) atoms. The molecule has 0 aliphatic heterocycles. The molecule has 2 aromatic carbocycles. The molecule has 1 saturated carbocycles. The Morgan fingerprint density at radius 1 is 1.11 bits per heavy atom. The smallest absolute Gasteiger partial charge is 0.0484 e. The zero-order chi connectivity index (χ0) is 12.5. The maximum Gasteiger partial charge on any atom is 0.0484 e. The predicted octanol–water partition coefficient (Wildman–Crippen LogP) is 4.50. The Labute approximate surface area is 125 Å². The Kier molecular flexibility index (Phi) is 4.51. The first-order valence-electron chi connectivity index (χ1n) is 6.31. The lowest BCUT2D eigenvalue weighted by Gasteiger charge is -2.07. The van der Waals surface area contributed by atoms with Crippen molar-refractivity contribution in [3.63, 3.8) is 0 Å². The van der Waals surface area contributed by atoms with Crippen LogP contribution in [-0.2, 0) is 0 Å². The van der Waals surface area contributed by atoms with Crippen molar-refractivity contribution in [3.05, 3.63) is 59.1 Å². The van der Waals surface area contributed by atoms with E-state index in [9.17, 15) is 0 Å². The summed E-state index contributed by atoms with van der Waals surface area (Å²) < 4.78 is 0. The van der Waals surface area contributed by atoms with Crippen molar-refractivity contribution >= 4 is 24.0 Å². The van der Waals surface area contributed by atoms with Gasteiger partial charge in [0.25, 0.3) is 0 Å². The molecule has 2 atom stereocenters. The lowest BCUT2D eigenvalue weighted by atomic mass is 10.0. The minimum absolute atomic E-state index is 0. The van der Waals surface area contributed by atoms with Gasteiger partial charge in [-0.3, -0.25) is 0 Å². The summed E-state index contributed by atoms with van der Waals surface area (Å²) in [7, 11) is 2.03. The van der Waals surface area contributed by atoms with Gasteiger partial charge in [-0.05, 0) is 30.7 Å². The highest BCUT2D eigenvalue weighted by atomic mass is 35.5. The van der Waals surface area contributed by atoms with Gasteiger partial charge in [-0.25, -0.2) is 0 Å². The zero-order valence-electron chi connectivity index (χ0n) is 10.8. The molecular weight excluding hydrogens is 277 g/mol. The van der Waals surface area contributed by atoms with Crippen LogP contribution in [0.4, 0.5) is 0 Å². The van der Waals surface area contributed by atoms with Crippen LogP contribution in [-0.4, -0.2) is 13.1 Å². The molecule has 0 aromatic heterocycles. The van der Waals surface area contributed by atoms with E-state index in [4.69, 9.17) is 11.6 Å². The molecule has 0 bridgehead atoms. The lowest BCUT2D eigenvalue weighted by molar-refractivity contribution is 0.784. The summed E-state index contributed by atoms with van der Waals surface area (Å²) in [6.45, 7) is 0. The van der Waals surface area contributed by atoms with E-state index in [2.05, 4.69) is 35.6 Å². The van der Waals surface area contributed by atoms with Crippen LogP contribution in [0.25, 0.3) is 11.1 Å². The highest BCUT2D eigenvalue weighted by Gasteiger charge is 2.36. The van der Waals surface area contributed by atoms with Gasteiger partial charge in [0.2, 0.25) is 0 Å². The molecule has 0 saturated heterocycles. The Morgan fingerprint density at radius 2 is 1.89 bits per heavy atom. The van der Waals surface area contributed by atoms with Crippen LogP contribution >= 0.6 is 24.0 Å². The Morgan fingerprint density at radius 3 is 2.58 bits per heavy atom. The fourth-order valence-electron chi connectivity index (χ4n) is 2.51. The number of rotatable bonds is 3. The fraction of sp³-hybridized carbons (Fsp3) is 0.250. The van der Waals surface area contributed by atoms with Crippen LogP contribution in [0.2, 0.25) is 5.02 Å². The summed E-state index contributed by atoms with van der Waals surface area (Å²) in [6, 6.07) is 17.4. The largest absolute Gasteiger partial charge is 0.316 e.